The second-order valence-electron chi connectivity index (χ2n) is 7.11. The maximum Gasteiger partial charge on any atom is 0.277 e. The van der Waals surface area contributed by atoms with Crippen molar-refractivity contribution in [2.24, 2.45) is 0 Å². The van der Waals surface area contributed by atoms with Gasteiger partial charge in [0.2, 0.25) is 5.91 Å². The fourth-order valence-corrected chi connectivity index (χ4v) is 4.25. The number of aromatic nitrogens is 2. The Hall–Kier alpha value is -3.65. The number of hydrogen-bond donors (Lipinski definition) is 0. The molecule has 0 bridgehead atoms. The maximum atomic E-state index is 14.0. The van der Waals surface area contributed by atoms with Crippen LogP contribution < -0.4 is 9.64 Å². The lowest BCUT2D eigenvalue weighted by molar-refractivity contribution is -0.117. The van der Waals surface area contributed by atoms with E-state index in [9.17, 15) is 9.18 Å². The van der Waals surface area contributed by atoms with Crippen molar-refractivity contribution < 1.29 is 18.3 Å². The van der Waals surface area contributed by atoms with Crippen LogP contribution in [0.2, 0.25) is 0 Å². The predicted octanol–water partition coefficient (Wildman–Crippen LogP) is 5.13. The number of hydrogen-bond acceptors (Lipinski definition) is 6. The number of fused-ring (bicyclic) bond motifs is 1. The number of halogens is 1. The number of rotatable bonds is 5. The highest BCUT2D eigenvalue weighted by Crippen LogP contribution is 2.40. The molecular formula is C24H18FN3O3S. The molecule has 0 saturated heterocycles. The Kier molecular flexibility index (Phi) is 5.60. The quantitative estimate of drug-likeness (QED) is 0.395. The SMILES string of the molecule is O=C(CSc1nnc(-c2ccccc2F)o1)N1c2ccccc2OC[C@@H]1c1ccccc1. The Morgan fingerprint density at radius 3 is 2.59 bits per heavy atom. The van der Waals surface area contributed by atoms with Crippen molar-refractivity contribution in [3.63, 3.8) is 0 Å². The van der Waals surface area contributed by atoms with Gasteiger partial charge in [0.05, 0.1) is 23.0 Å². The zero-order valence-electron chi connectivity index (χ0n) is 16.8. The molecule has 4 aromatic rings. The van der Waals surface area contributed by atoms with Crippen molar-refractivity contribution in [3.05, 3.63) is 90.2 Å². The van der Waals surface area contributed by atoms with Crippen molar-refractivity contribution in [2.75, 3.05) is 17.3 Å². The Labute approximate surface area is 188 Å². The number of thioether (sulfide) groups is 1. The molecule has 3 aromatic carbocycles. The molecule has 0 N–H and O–H groups in total. The van der Waals surface area contributed by atoms with Gasteiger partial charge in [-0.2, -0.15) is 0 Å². The number of amides is 1. The molecule has 1 atom stereocenters. The van der Waals surface area contributed by atoms with Gasteiger partial charge in [-0.15, -0.1) is 10.2 Å². The highest BCUT2D eigenvalue weighted by molar-refractivity contribution is 7.99. The summed E-state index contributed by atoms with van der Waals surface area (Å²) < 4.78 is 25.5. The first-order valence-corrected chi connectivity index (χ1v) is 11.0. The van der Waals surface area contributed by atoms with Gasteiger partial charge in [0.25, 0.3) is 11.1 Å². The number of nitrogens with zero attached hydrogens (tertiary/aromatic N) is 3. The standard InChI is InChI=1S/C24H18FN3O3S/c25-18-11-5-4-10-17(18)23-26-27-24(31-23)32-15-22(29)28-19-12-6-7-13-21(19)30-14-20(28)16-8-2-1-3-9-16/h1-13,20H,14-15H2/t20-/m1/s1. The van der Waals surface area contributed by atoms with Gasteiger partial charge in [0.15, 0.2) is 0 Å². The fraction of sp³-hybridized carbons (Fsp3) is 0.125. The van der Waals surface area contributed by atoms with Crippen LogP contribution in [0.15, 0.2) is 88.5 Å². The molecule has 0 saturated carbocycles. The summed E-state index contributed by atoms with van der Waals surface area (Å²) in [7, 11) is 0. The maximum absolute atomic E-state index is 14.0. The first-order chi connectivity index (χ1) is 15.7. The largest absolute Gasteiger partial charge is 0.489 e. The summed E-state index contributed by atoms with van der Waals surface area (Å²) in [5.41, 5.74) is 1.93. The number of benzene rings is 3. The van der Waals surface area contributed by atoms with E-state index >= 15 is 0 Å². The van der Waals surface area contributed by atoms with E-state index in [2.05, 4.69) is 10.2 Å². The van der Waals surface area contributed by atoms with Crippen LogP contribution in [0.3, 0.4) is 0 Å². The Morgan fingerprint density at radius 1 is 1.00 bits per heavy atom. The topological polar surface area (TPSA) is 68.5 Å². The molecule has 1 amide bonds. The van der Waals surface area contributed by atoms with Gasteiger partial charge in [0.1, 0.15) is 18.2 Å². The number of para-hydroxylation sites is 2. The first-order valence-electron chi connectivity index (χ1n) is 10.0. The Morgan fingerprint density at radius 2 is 1.75 bits per heavy atom. The molecule has 1 aromatic heterocycles. The lowest BCUT2D eigenvalue weighted by Gasteiger charge is -2.37. The average Bonchev–Trinajstić information content (AvgIpc) is 3.31. The summed E-state index contributed by atoms with van der Waals surface area (Å²) in [6.45, 7) is 0.357. The van der Waals surface area contributed by atoms with E-state index in [1.165, 1.54) is 6.07 Å². The van der Waals surface area contributed by atoms with Crippen molar-refractivity contribution in [3.8, 4) is 17.2 Å². The molecule has 32 heavy (non-hydrogen) atoms. The van der Waals surface area contributed by atoms with Crippen LogP contribution in [0.4, 0.5) is 10.1 Å². The number of anilines is 1. The van der Waals surface area contributed by atoms with Gasteiger partial charge in [-0.25, -0.2) is 4.39 Å². The summed E-state index contributed by atoms with van der Waals surface area (Å²) in [6.07, 6.45) is 0. The van der Waals surface area contributed by atoms with E-state index in [0.29, 0.717) is 12.4 Å². The predicted molar refractivity (Wildman–Crippen MR) is 119 cm³/mol. The van der Waals surface area contributed by atoms with Gasteiger partial charge < -0.3 is 9.15 Å². The van der Waals surface area contributed by atoms with Gasteiger partial charge in [-0.1, -0.05) is 66.4 Å². The number of ether oxygens (including phenoxy) is 1. The fourth-order valence-electron chi connectivity index (χ4n) is 3.62. The average molecular weight is 447 g/mol. The second-order valence-corrected chi connectivity index (χ2v) is 8.04. The zero-order valence-corrected chi connectivity index (χ0v) is 17.7. The highest BCUT2D eigenvalue weighted by Gasteiger charge is 2.33. The third-order valence-electron chi connectivity index (χ3n) is 5.12. The monoisotopic (exact) mass is 447 g/mol. The molecule has 2 heterocycles. The van der Waals surface area contributed by atoms with E-state index in [-0.39, 0.29) is 34.4 Å². The van der Waals surface area contributed by atoms with Crippen LogP contribution in [0, 0.1) is 5.82 Å². The molecule has 5 rings (SSSR count). The van der Waals surface area contributed by atoms with Gasteiger partial charge in [-0.05, 0) is 29.8 Å². The molecule has 160 valence electrons. The molecule has 0 spiro atoms. The minimum Gasteiger partial charge on any atom is -0.489 e. The highest BCUT2D eigenvalue weighted by atomic mass is 32.2. The van der Waals surface area contributed by atoms with Crippen LogP contribution >= 0.6 is 11.8 Å². The minimum absolute atomic E-state index is 0.0799. The van der Waals surface area contributed by atoms with Crippen molar-refractivity contribution in [1.29, 1.82) is 0 Å². The number of carbonyl (C=O) groups is 1. The van der Waals surface area contributed by atoms with Gasteiger partial charge >= 0.3 is 0 Å². The summed E-state index contributed by atoms with van der Waals surface area (Å²) in [4.78, 5) is 15.1. The molecular weight excluding hydrogens is 429 g/mol. The van der Waals surface area contributed by atoms with Crippen LogP contribution in [0.5, 0.6) is 5.75 Å². The second kappa shape index (κ2) is 8.84. The first kappa shape index (κ1) is 20.3. The van der Waals surface area contributed by atoms with E-state index in [4.69, 9.17) is 9.15 Å². The lowest BCUT2D eigenvalue weighted by atomic mass is 10.0. The Balaban J connectivity index is 1.37. The van der Waals surface area contributed by atoms with E-state index in [1.54, 1.807) is 23.1 Å². The van der Waals surface area contributed by atoms with Crippen LogP contribution in [0.25, 0.3) is 11.5 Å². The minimum atomic E-state index is -0.445. The van der Waals surface area contributed by atoms with Gasteiger partial charge in [0, 0.05) is 0 Å². The summed E-state index contributed by atoms with van der Waals surface area (Å²) >= 11 is 1.12. The molecule has 0 aliphatic carbocycles. The number of carbonyl (C=O) groups excluding carboxylic acids is 1. The van der Waals surface area contributed by atoms with E-state index in [1.807, 2.05) is 54.6 Å². The third kappa shape index (κ3) is 3.97. The van der Waals surface area contributed by atoms with Crippen LogP contribution in [-0.4, -0.2) is 28.5 Å². The van der Waals surface area contributed by atoms with Crippen molar-refractivity contribution in [2.45, 2.75) is 11.3 Å². The summed E-state index contributed by atoms with van der Waals surface area (Å²) in [6, 6.07) is 23.2. The lowest BCUT2D eigenvalue weighted by Crippen LogP contribution is -2.42. The molecule has 0 radical (unpaired) electrons. The van der Waals surface area contributed by atoms with E-state index < -0.39 is 5.82 Å². The molecule has 1 aliphatic heterocycles. The summed E-state index contributed by atoms with van der Waals surface area (Å²) in [5.74, 6) is 0.260. The van der Waals surface area contributed by atoms with E-state index in [0.717, 1.165) is 23.0 Å². The smallest absolute Gasteiger partial charge is 0.277 e. The zero-order chi connectivity index (χ0) is 21.9. The molecule has 0 fully saturated rings. The van der Waals surface area contributed by atoms with Crippen molar-refractivity contribution >= 4 is 23.4 Å². The third-order valence-corrected chi connectivity index (χ3v) is 5.92. The van der Waals surface area contributed by atoms with Crippen LogP contribution in [-0.2, 0) is 4.79 Å². The van der Waals surface area contributed by atoms with Crippen LogP contribution in [0.1, 0.15) is 11.6 Å². The van der Waals surface area contributed by atoms with Crippen molar-refractivity contribution in [1.82, 2.24) is 10.2 Å². The molecule has 1 aliphatic rings. The molecule has 6 nitrogen and oxygen atoms in total. The molecule has 8 heteroatoms. The normalized spacial score (nSPS) is 15.2. The molecule has 0 unspecified atom stereocenters. The Bertz CT molecular complexity index is 1250. The summed E-state index contributed by atoms with van der Waals surface area (Å²) in [5, 5.41) is 8.07. The van der Waals surface area contributed by atoms with Gasteiger partial charge in [-0.3, -0.25) is 9.69 Å².